The van der Waals surface area contributed by atoms with Crippen molar-refractivity contribution in [1.82, 2.24) is 4.98 Å². The van der Waals surface area contributed by atoms with Gasteiger partial charge in [0.25, 0.3) is 5.91 Å². The van der Waals surface area contributed by atoms with Crippen LogP contribution in [0, 0.1) is 5.92 Å². The second-order valence-electron chi connectivity index (χ2n) is 6.87. The number of carbonyl (C=O) groups is 3. The zero-order valence-corrected chi connectivity index (χ0v) is 15.8. The number of anilines is 2. The Morgan fingerprint density at radius 1 is 1.11 bits per heavy atom. The molecule has 1 aliphatic rings. The number of carbonyl (C=O) groups excluding carboxylic acids is 3. The first kappa shape index (κ1) is 19.3. The number of aromatic nitrogens is 1. The molecule has 7 nitrogen and oxygen atoms in total. The van der Waals surface area contributed by atoms with Crippen molar-refractivity contribution < 1.29 is 19.5 Å². The molecule has 0 saturated carbocycles. The number of aliphatic hydroxyl groups is 1. The van der Waals surface area contributed by atoms with Crippen LogP contribution in [-0.2, 0) is 14.4 Å². The molecule has 0 spiro atoms. The molecular formula is C21H21N3O4. The van der Waals surface area contributed by atoms with Crippen molar-refractivity contribution in [3.63, 3.8) is 0 Å². The molecule has 0 saturated heterocycles. The molecule has 1 atom stereocenters. The van der Waals surface area contributed by atoms with Crippen LogP contribution in [-0.4, -0.2) is 27.7 Å². The number of pyridine rings is 1. The summed E-state index contributed by atoms with van der Waals surface area (Å²) in [4.78, 5) is 42.2. The smallest absolute Gasteiger partial charge is 0.294 e. The van der Waals surface area contributed by atoms with Crippen molar-refractivity contribution in [1.29, 1.82) is 0 Å². The van der Waals surface area contributed by atoms with Crippen molar-refractivity contribution in [2.24, 2.45) is 5.92 Å². The molecule has 0 fully saturated rings. The Hall–Kier alpha value is -3.48. The monoisotopic (exact) mass is 379 g/mol. The molecule has 2 heterocycles. The van der Waals surface area contributed by atoms with Gasteiger partial charge in [0.2, 0.25) is 5.91 Å². The minimum absolute atomic E-state index is 0.0807. The summed E-state index contributed by atoms with van der Waals surface area (Å²) >= 11 is 0. The highest BCUT2D eigenvalue weighted by Crippen LogP contribution is 2.41. The number of benzene rings is 1. The van der Waals surface area contributed by atoms with Crippen LogP contribution in [0.25, 0.3) is 0 Å². The number of amides is 2. The van der Waals surface area contributed by atoms with Gasteiger partial charge in [-0.25, -0.2) is 0 Å². The van der Waals surface area contributed by atoms with Gasteiger partial charge < -0.3 is 10.4 Å². The number of hydrogen-bond donors (Lipinski definition) is 2. The number of Topliss-reactive ketones (excluding diaryl/α,β-unsaturated/α-hetero) is 1. The fourth-order valence-corrected chi connectivity index (χ4v) is 3.20. The Morgan fingerprint density at radius 2 is 1.71 bits per heavy atom. The molecule has 7 heteroatoms. The molecule has 1 aromatic carbocycles. The predicted octanol–water partition coefficient (Wildman–Crippen LogP) is 3.17. The Balaban J connectivity index is 2.08. The highest BCUT2D eigenvalue weighted by atomic mass is 16.3. The van der Waals surface area contributed by atoms with Crippen molar-refractivity contribution in [3.8, 4) is 0 Å². The van der Waals surface area contributed by atoms with Crippen LogP contribution in [0.5, 0.6) is 0 Å². The summed E-state index contributed by atoms with van der Waals surface area (Å²) < 4.78 is 0. The van der Waals surface area contributed by atoms with Crippen LogP contribution in [0.4, 0.5) is 11.4 Å². The lowest BCUT2D eigenvalue weighted by Crippen LogP contribution is -2.31. The van der Waals surface area contributed by atoms with Gasteiger partial charge in [-0.3, -0.25) is 24.3 Å². The van der Waals surface area contributed by atoms with Crippen LogP contribution >= 0.6 is 0 Å². The topological polar surface area (TPSA) is 99.6 Å². The zero-order chi connectivity index (χ0) is 20.4. The first-order chi connectivity index (χ1) is 13.3. The Labute approximate surface area is 162 Å². The van der Waals surface area contributed by atoms with E-state index in [0.717, 1.165) is 0 Å². The summed E-state index contributed by atoms with van der Waals surface area (Å²) in [6.45, 7) is 4.85. The average molecular weight is 379 g/mol. The van der Waals surface area contributed by atoms with E-state index >= 15 is 0 Å². The van der Waals surface area contributed by atoms with E-state index in [1.165, 1.54) is 11.8 Å². The van der Waals surface area contributed by atoms with Gasteiger partial charge in [0, 0.05) is 36.6 Å². The molecule has 1 aliphatic heterocycles. The van der Waals surface area contributed by atoms with Gasteiger partial charge in [-0.2, -0.15) is 0 Å². The molecule has 28 heavy (non-hydrogen) atoms. The van der Waals surface area contributed by atoms with Crippen LogP contribution < -0.4 is 10.2 Å². The summed E-state index contributed by atoms with van der Waals surface area (Å²) in [5, 5.41) is 13.2. The minimum atomic E-state index is -0.753. The third kappa shape index (κ3) is 3.51. The normalized spacial score (nSPS) is 16.6. The Kier molecular flexibility index (Phi) is 5.26. The SMILES string of the molecule is CC(=O)Nc1ccc(N2C(=O)C(O)=C(C(=O)C(C)C)C2c2ccncc2)cc1. The maximum Gasteiger partial charge on any atom is 0.294 e. The fraction of sp³-hybridized carbons (Fsp3) is 0.238. The highest BCUT2D eigenvalue weighted by molar-refractivity contribution is 6.16. The van der Waals surface area contributed by atoms with Crippen molar-refractivity contribution >= 4 is 29.0 Å². The molecule has 0 aliphatic carbocycles. The molecule has 3 rings (SSSR count). The first-order valence-corrected chi connectivity index (χ1v) is 8.89. The molecule has 2 N–H and O–H groups in total. The lowest BCUT2D eigenvalue weighted by Gasteiger charge is -2.27. The maximum absolute atomic E-state index is 12.9. The van der Waals surface area contributed by atoms with Gasteiger partial charge in [-0.05, 0) is 42.0 Å². The third-order valence-electron chi connectivity index (χ3n) is 4.49. The van der Waals surface area contributed by atoms with Gasteiger partial charge >= 0.3 is 0 Å². The van der Waals surface area contributed by atoms with E-state index in [0.29, 0.717) is 16.9 Å². The molecule has 1 unspecified atom stereocenters. The van der Waals surface area contributed by atoms with Gasteiger partial charge in [0.1, 0.15) is 0 Å². The highest BCUT2D eigenvalue weighted by Gasteiger charge is 2.44. The predicted molar refractivity (Wildman–Crippen MR) is 105 cm³/mol. The van der Waals surface area contributed by atoms with Crippen LogP contribution in [0.3, 0.4) is 0 Å². The lowest BCUT2D eigenvalue weighted by molar-refractivity contribution is -0.119. The number of aliphatic hydroxyl groups excluding tert-OH is 1. The first-order valence-electron chi connectivity index (χ1n) is 8.89. The third-order valence-corrected chi connectivity index (χ3v) is 4.49. The second-order valence-corrected chi connectivity index (χ2v) is 6.87. The standard InChI is InChI=1S/C21H21N3O4/c1-12(2)19(26)17-18(14-8-10-22-11-9-14)24(21(28)20(17)27)16-6-4-15(5-7-16)23-13(3)25/h4-12,18,27H,1-3H3,(H,23,25). The lowest BCUT2D eigenvalue weighted by atomic mass is 9.91. The average Bonchev–Trinajstić information content (AvgIpc) is 2.93. The van der Waals surface area contributed by atoms with Crippen LogP contribution in [0.2, 0.25) is 0 Å². The summed E-state index contributed by atoms with van der Waals surface area (Å²) in [6.07, 6.45) is 3.15. The van der Waals surface area contributed by atoms with E-state index in [-0.39, 0.29) is 23.2 Å². The number of nitrogens with one attached hydrogen (secondary N) is 1. The van der Waals surface area contributed by atoms with Crippen molar-refractivity contribution in [3.05, 3.63) is 65.7 Å². The van der Waals surface area contributed by atoms with E-state index in [9.17, 15) is 19.5 Å². The van der Waals surface area contributed by atoms with E-state index in [1.807, 2.05) is 0 Å². The maximum atomic E-state index is 12.9. The number of nitrogens with zero attached hydrogens (tertiary/aromatic N) is 2. The van der Waals surface area contributed by atoms with Crippen LogP contribution in [0.1, 0.15) is 32.4 Å². The van der Waals surface area contributed by atoms with E-state index in [1.54, 1.807) is 62.6 Å². The van der Waals surface area contributed by atoms with Gasteiger partial charge in [0.15, 0.2) is 11.5 Å². The van der Waals surface area contributed by atoms with Gasteiger partial charge in [-0.15, -0.1) is 0 Å². The summed E-state index contributed by atoms with van der Waals surface area (Å²) in [5.41, 5.74) is 1.83. The second kappa shape index (κ2) is 7.64. The van der Waals surface area contributed by atoms with E-state index < -0.39 is 17.7 Å². The molecular weight excluding hydrogens is 358 g/mol. The largest absolute Gasteiger partial charge is 0.503 e. The molecule has 2 amide bonds. The Bertz CT molecular complexity index is 949. The van der Waals surface area contributed by atoms with E-state index in [2.05, 4.69) is 10.3 Å². The van der Waals surface area contributed by atoms with Gasteiger partial charge in [-0.1, -0.05) is 13.8 Å². The van der Waals surface area contributed by atoms with E-state index in [4.69, 9.17) is 0 Å². The number of ketones is 1. The number of rotatable bonds is 5. The zero-order valence-electron chi connectivity index (χ0n) is 15.8. The molecule has 144 valence electrons. The number of hydrogen-bond acceptors (Lipinski definition) is 5. The van der Waals surface area contributed by atoms with Crippen molar-refractivity contribution in [2.75, 3.05) is 10.2 Å². The summed E-state index contributed by atoms with van der Waals surface area (Å²) in [5.74, 6) is -2.05. The Morgan fingerprint density at radius 3 is 2.25 bits per heavy atom. The summed E-state index contributed by atoms with van der Waals surface area (Å²) in [7, 11) is 0. The molecule has 0 bridgehead atoms. The minimum Gasteiger partial charge on any atom is -0.503 e. The quantitative estimate of drug-likeness (QED) is 0.831. The molecule has 1 aromatic heterocycles. The summed E-state index contributed by atoms with van der Waals surface area (Å²) in [6, 6.07) is 9.31. The molecule has 0 radical (unpaired) electrons. The van der Waals surface area contributed by atoms with Crippen molar-refractivity contribution in [2.45, 2.75) is 26.8 Å². The molecule has 2 aromatic rings. The fourth-order valence-electron chi connectivity index (χ4n) is 3.20. The van der Waals surface area contributed by atoms with Crippen LogP contribution in [0.15, 0.2) is 60.1 Å². The van der Waals surface area contributed by atoms with Gasteiger partial charge in [0.05, 0.1) is 11.6 Å².